The van der Waals surface area contributed by atoms with Crippen LogP contribution in [0.25, 0.3) is 10.2 Å². The molecule has 0 spiro atoms. The van der Waals surface area contributed by atoms with Gasteiger partial charge in [-0.2, -0.15) is 5.10 Å². The number of rotatable bonds is 4. The Labute approximate surface area is 129 Å². The second-order valence-electron chi connectivity index (χ2n) is 5.36. The summed E-state index contributed by atoms with van der Waals surface area (Å²) in [5, 5.41) is 15.2. The first kappa shape index (κ1) is 13.6. The monoisotopic (exact) mass is 317 g/mol. The van der Waals surface area contributed by atoms with Crippen molar-refractivity contribution in [1.82, 2.24) is 24.6 Å². The van der Waals surface area contributed by atoms with Gasteiger partial charge in [0, 0.05) is 18.7 Å². The van der Waals surface area contributed by atoms with Gasteiger partial charge in [-0.05, 0) is 11.4 Å². The molecule has 0 aliphatic carbocycles. The lowest BCUT2D eigenvalue weighted by molar-refractivity contribution is 0.247. The Morgan fingerprint density at radius 3 is 3.18 bits per heavy atom. The summed E-state index contributed by atoms with van der Waals surface area (Å²) in [5.74, 6) is 0.683. The van der Waals surface area contributed by atoms with E-state index >= 15 is 0 Å². The summed E-state index contributed by atoms with van der Waals surface area (Å²) in [6.07, 6.45) is 1.85. The molecule has 0 bridgehead atoms. The van der Waals surface area contributed by atoms with E-state index in [4.69, 9.17) is 5.11 Å². The van der Waals surface area contributed by atoms with Gasteiger partial charge < -0.3 is 10.1 Å². The molecule has 4 rings (SSSR count). The van der Waals surface area contributed by atoms with Crippen LogP contribution in [0.4, 0.5) is 0 Å². The lowest BCUT2D eigenvalue weighted by atomic mass is 10.3. The number of thiophene rings is 1. The summed E-state index contributed by atoms with van der Waals surface area (Å²) in [6.45, 7) is 2.72. The number of fused-ring (bicyclic) bond motifs is 2. The molecule has 0 atom stereocenters. The van der Waals surface area contributed by atoms with Crippen molar-refractivity contribution in [2.75, 3.05) is 6.61 Å². The predicted octanol–water partition coefficient (Wildman–Crippen LogP) is 0.689. The summed E-state index contributed by atoms with van der Waals surface area (Å²) < 4.78 is 2.51. The van der Waals surface area contributed by atoms with Gasteiger partial charge in [-0.3, -0.25) is 14.4 Å². The molecule has 4 heterocycles. The predicted molar refractivity (Wildman–Crippen MR) is 82.5 cm³/mol. The normalized spacial score (nSPS) is 14.8. The van der Waals surface area contributed by atoms with Gasteiger partial charge in [0.25, 0.3) is 5.56 Å². The largest absolute Gasteiger partial charge is 0.394 e. The highest BCUT2D eigenvalue weighted by Gasteiger charge is 2.24. The first-order chi connectivity index (χ1) is 10.7. The van der Waals surface area contributed by atoms with Crippen LogP contribution in [0.5, 0.6) is 0 Å². The molecule has 2 N–H and O–H groups in total. The summed E-state index contributed by atoms with van der Waals surface area (Å²) in [5.41, 5.74) is 2.99. The van der Waals surface area contributed by atoms with E-state index in [1.807, 2.05) is 22.3 Å². The highest BCUT2D eigenvalue weighted by molar-refractivity contribution is 7.17. The number of aliphatic hydroxyl groups is 1. The van der Waals surface area contributed by atoms with Crippen LogP contribution in [0.1, 0.15) is 17.1 Å². The quantitative estimate of drug-likeness (QED) is 0.739. The summed E-state index contributed by atoms with van der Waals surface area (Å²) in [7, 11) is 0. The Morgan fingerprint density at radius 1 is 1.41 bits per heavy atom. The van der Waals surface area contributed by atoms with E-state index in [2.05, 4.69) is 20.0 Å². The molecule has 22 heavy (non-hydrogen) atoms. The van der Waals surface area contributed by atoms with Crippen LogP contribution in [0, 0.1) is 0 Å². The average molecular weight is 317 g/mol. The molecule has 3 aromatic rings. The number of aromatic amines is 1. The zero-order chi connectivity index (χ0) is 15.1. The summed E-state index contributed by atoms with van der Waals surface area (Å²) in [4.78, 5) is 21.6. The van der Waals surface area contributed by atoms with Gasteiger partial charge in [0.2, 0.25) is 0 Å². The zero-order valence-corrected chi connectivity index (χ0v) is 12.6. The smallest absolute Gasteiger partial charge is 0.268 e. The summed E-state index contributed by atoms with van der Waals surface area (Å²) in [6, 6.07) is 1.87. The number of H-pyrrole nitrogens is 1. The van der Waals surface area contributed by atoms with E-state index in [-0.39, 0.29) is 12.2 Å². The van der Waals surface area contributed by atoms with E-state index in [9.17, 15) is 4.79 Å². The molecule has 0 fully saturated rings. The van der Waals surface area contributed by atoms with Gasteiger partial charge in [-0.15, -0.1) is 11.3 Å². The fourth-order valence-corrected chi connectivity index (χ4v) is 3.61. The minimum atomic E-state index is -0.0711. The second kappa shape index (κ2) is 5.31. The van der Waals surface area contributed by atoms with Gasteiger partial charge in [-0.25, -0.2) is 4.98 Å². The number of hydrogen-bond acceptors (Lipinski definition) is 6. The van der Waals surface area contributed by atoms with E-state index in [1.165, 1.54) is 16.9 Å². The maximum atomic E-state index is 12.0. The third kappa shape index (κ3) is 2.25. The van der Waals surface area contributed by atoms with Crippen molar-refractivity contribution in [3.05, 3.63) is 45.1 Å². The fourth-order valence-electron chi connectivity index (χ4n) is 2.88. The van der Waals surface area contributed by atoms with Crippen LogP contribution in [0.15, 0.2) is 22.4 Å². The maximum absolute atomic E-state index is 12.0. The minimum Gasteiger partial charge on any atom is -0.394 e. The molecular formula is C14H15N5O2S. The molecule has 3 aromatic heterocycles. The average Bonchev–Trinajstić information content (AvgIpc) is 3.16. The van der Waals surface area contributed by atoms with Crippen molar-refractivity contribution < 1.29 is 5.11 Å². The molecule has 0 saturated carbocycles. The van der Waals surface area contributed by atoms with Crippen molar-refractivity contribution in [2.45, 2.75) is 26.2 Å². The molecule has 114 valence electrons. The minimum absolute atomic E-state index is 0.0711. The highest BCUT2D eigenvalue weighted by Crippen LogP contribution is 2.23. The topological polar surface area (TPSA) is 87.0 Å². The number of aromatic nitrogens is 4. The molecule has 1 aliphatic rings. The molecule has 0 unspecified atom stereocenters. The van der Waals surface area contributed by atoms with Gasteiger partial charge in [-0.1, -0.05) is 0 Å². The first-order valence-electron chi connectivity index (χ1n) is 7.08. The Hall–Kier alpha value is -2.03. The van der Waals surface area contributed by atoms with Crippen LogP contribution in [-0.4, -0.2) is 36.4 Å². The van der Waals surface area contributed by atoms with Crippen molar-refractivity contribution in [3.8, 4) is 0 Å². The van der Waals surface area contributed by atoms with Crippen molar-refractivity contribution in [2.24, 2.45) is 0 Å². The van der Waals surface area contributed by atoms with Crippen molar-refractivity contribution >= 4 is 21.6 Å². The number of nitrogens with zero attached hydrogens (tertiary/aromatic N) is 4. The third-order valence-corrected chi connectivity index (χ3v) is 4.75. The zero-order valence-electron chi connectivity index (χ0n) is 11.8. The lowest BCUT2D eigenvalue weighted by Gasteiger charge is -2.14. The van der Waals surface area contributed by atoms with E-state index in [1.54, 1.807) is 0 Å². The number of aliphatic hydroxyl groups excluding tert-OH is 1. The maximum Gasteiger partial charge on any atom is 0.268 e. The standard InChI is InChI=1S/C14H15N5O2S/c20-3-2-19-11-7-18(6-9(11)5-15-19)8-12-16-10-1-4-22-13(10)14(21)17-12/h1,4-5,20H,2-3,6-8H2,(H,16,17,21). The number of nitrogens with one attached hydrogen (secondary N) is 1. The van der Waals surface area contributed by atoms with Gasteiger partial charge in [0.15, 0.2) is 0 Å². The van der Waals surface area contributed by atoms with Crippen molar-refractivity contribution in [3.63, 3.8) is 0 Å². The van der Waals surface area contributed by atoms with Gasteiger partial charge in [0.1, 0.15) is 10.5 Å². The van der Waals surface area contributed by atoms with Crippen LogP contribution >= 0.6 is 11.3 Å². The Bertz CT molecular complexity index is 881. The van der Waals surface area contributed by atoms with Crippen LogP contribution in [0.2, 0.25) is 0 Å². The van der Waals surface area contributed by atoms with E-state index < -0.39 is 0 Å². The molecule has 0 aromatic carbocycles. The summed E-state index contributed by atoms with van der Waals surface area (Å²) >= 11 is 1.41. The van der Waals surface area contributed by atoms with Crippen LogP contribution in [-0.2, 0) is 26.2 Å². The van der Waals surface area contributed by atoms with Crippen LogP contribution in [0.3, 0.4) is 0 Å². The molecule has 0 amide bonds. The van der Waals surface area contributed by atoms with Gasteiger partial charge in [0.05, 0.1) is 37.1 Å². The van der Waals surface area contributed by atoms with Crippen LogP contribution < -0.4 is 5.56 Å². The Kier molecular flexibility index (Phi) is 3.29. The van der Waals surface area contributed by atoms with Crippen molar-refractivity contribution in [1.29, 1.82) is 0 Å². The second-order valence-corrected chi connectivity index (χ2v) is 6.27. The Balaban J connectivity index is 1.55. The third-order valence-electron chi connectivity index (χ3n) is 3.85. The molecule has 0 saturated heterocycles. The SMILES string of the molecule is O=c1[nH]c(CN2Cc3cnn(CCO)c3C2)nc2ccsc12. The lowest BCUT2D eigenvalue weighted by Crippen LogP contribution is -2.21. The number of hydrogen-bond donors (Lipinski definition) is 2. The Morgan fingerprint density at radius 2 is 2.32 bits per heavy atom. The molecule has 7 nitrogen and oxygen atoms in total. The van der Waals surface area contributed by atoms with Gasteiger partial charge >= 0.3 is 0 Å². The molecule has 0 radical (unpaired) electrons. The molecular weight excluding hydrogens is 302 g/mol. The molecule has 8 heteroatoms. The fraction of sp³-hybridized carbons (Fsp3) is 0.357. The highest BCUT2D eigenvalue weighted by atomic mass is 32.1. The van der Waals surface area contributed by atoms with E-state index in [0.29, 0.717) is 23.6 Å². The molecule has 1 aliphatic heterocycles. The van der Waals surface area contributed by atoms with E-state index in [0.717, 1.165) is 24.3 Å². The first-order valence-corrected chi connectivity index (χ1v) is 7.96.